The fraction of sp³-hybridized carbons (Fsp3) is 0.429. The molecule has 1 aliphatic rings. The van der Waals surface area contributed by atoms with Crippen LogP contribution in [-0.4, -0.2) is 18.5 Å². The maximum absolute atomic E-state index is 13.7. The summed E-state index contributed by atoms with van der Waals surface area (Å²) in [4.78, 5) is 27.8. The summed E-state index contributed by atoms with van der Waals surface area (Å²) < 4.78 is 18.4. The zero-order valence-corrected chi connectivity index (χ0v) is 11.1. The van der Waals surface area contributed by atoms with Crippen LogP contribution in [0.4, 0.5) is 10.1 Å². The summed E-state index contributed by atoms with van der Waals surface area (Å²) in [6.07, 6.45) is 2.69. The van der Waals surface area contributed by atoms with E-state index in [1.54, 1.807) is 6.92 Å². The molecule has 108 valence electrons. The number of ether oxygens (including phenoxy) is 1. The Labute approximate surface area is 116 Å². The largest absolute Gasteiger partial charge is 0.462 e. The Balaban J connectivity index is 1.94. The molecule has 0 heterocycles. The van der Waals surface area contributed by atoms with Gasteiger partial charge in [-0.05, 0) is 31.9 Å². The highest BCUT2D eigenvalue weighted by Gasteiger charge is 2.27. The lowest BCUT2D eigenvalue weighted by Crippen LogP contribution is -2.26. The van der Waals surface area contributed by atoms with Crippen molar-refractivity contribution < 1.29 is 23.6 Å². The molecule has 1 saturated carbocycles. The standard InChI is InChI=1S/C14H16FNO4/c1-2-19-14(18)11-7-6-10(8-12(11)15)16-20-13(17)9-4-3-5-9/h6-9,16H,2-5H2,1H3. The van der Waals surface area contributed by atoms with Crippen LogP contribution in [0.1, 0.15) is 36.5 Å². The van der Waals surface area contributed by atoms with E-state index >= 15 is 0 Å². The third-order valence-electron chi connectivity index (χ3n) is 3.17. The molecule has 0 radical (unpaired) electrons. The predicted octanol–water partition coefficient (Wildman–Crippen LogP) is 2.67. The number of carbonyl (C=O) groups excluding carboxylic acids is 2. The second kappa shape index (κ2) is 6.36. The average Bonchev–Trinajstić information content (AvgIpc) is 2.34. The van der Waals surface area contributed by atoms with Crippen molar-refractivity contribution in [3.8, 4) is 0 Å². The molecule has 5 nitrogen and oxygen atoms in total. The van der Waals surface area contributed by atoms with Gasteiger partial charge in [0.15, 0.2) is 0 Å². The summed E-state index contributed by atoms with van der Waals surface area (Å²) in [6.45, 7) is 1.82. The van der Waals surface area contributed by atoms with Crippen molar-refractivity contribution in [3.63, 3.8) is 0 Å². The molecule has 0 amide bonds. The number of anilines is 1. The van der Waals surface area contributed by atoms with Gasteiger partial charge in [-0.1, -0.05) is 6.42 Å². The first-order valence-electron chi connectivity index (χ1n) is 6.55. The number of nitrogens with one attached hydrogen (secondary N) is 1. The van der Waals surface area contributed by atoms with E-state index in [-0.39, 0.29) is 29.7 Å². The molecule has 0 aliphatic heterocycles. The van der Waals surface area contributed by atoms with Gasteiger partial charge < -0.3 is 9.57 Å². The molecule has 1 fully saturated rings. The van der Waals surface area contributed by atoms with E-state index in [1.807, 2.05) is 0 Å². The summed E-state index contributed by atoms with van der Waals surface area (Å²) in [6, 6.07) is 3.82. The van der Waals surface area contributed by atoms with Crippen molar-refractivity contribution in [2.45, 2.75) is 26.2 Å². The number of esters is 1. The van der Waals surface area contributed by atoms with Crippen molar-refractivity contribution in [1.82, 2.24) is 0 Å². The fourth-order valence-electron chi connectivity index (χ4n) is 1.79. The quantitative estimate of drug-likeness (QED) is 0.664. The third-order valence-corrected chi connectivity index (χ3v) is 3.17. The summed E-state index contributed by atoms with van der Waals surface area (Å²) >= 11 is 0. The van der Waals surface area contributed by atoms with Crippen molar-refractivity contribution in [3.05, 3.63) is 29.6 Å². The van der Waals surface area contributed by atoms with Gasteiger partial charge in [-0.25, -0.2) is 19.5 Å². The summed E-state index contributed by atoms with van der Waals surface area (Å²) in [5, 5.41) is 0. The first-order valence-corrected chi connectivity index (χ1v) is 6.55. The Bertz CT molecular complexity index is 514. The van der Waals surface area contributed by atoms with E-state index in [2.05, 4.69) is 5.48 Å². The van der Waals surface area contributed by atoms with Gasteiger partial charge in [0.05, 0.1) is 23.8 Å². The van der Waals surface area contributed by atoms with E-state index < -0.39 is 11.8 Å². The first kappa shape index (κ1) is 14.3. The highest BCUT2D eigenvalue weighted by atomic mass is 19.1. The van der Waals surface area contributed by atoms with E-state index in [4.69, 9.17) is 9.57 Å². The van der Waals surface area contributed by atoms with Gasteiger partial charge in [0.2, 0.25) is 0 Å². The lowest BCUT2D eigenvalue weighted by Gasteiger charge is -2.22. The monoisotopic (exact) mass is 281 g/mol. The van der Waals surface area contributed by atoms with Gasteiger partial charge in [0.1, 0.15) is 5.82 Å². The summed E-state index contributed by atoms with van der Waals surface area (Å²) in [5.41, 5.74) is 2.51. The average molecular weight is 281 g/mol. The van der Waals surface area contributed by atoms with E-state index in [1.165, 1.54) is 12.1 Å². The molecule has 0 atom stereocenters. The van der Waals surface area contributed by atoms with Gasteiger partial charge in [0, 0.05) is 6.07 Å². The van der Waals surface area contributed by atoms with Crippen LogP contribution in [0.2, 0.25) is 0 Å². The Morgan fingerprint density at radius 3 is 2.70 bits per heavy atom. The van der Waals surface area contributed by atoms with E-state index in [0.717, 1.165) is 25.3 Å². The number of carbonyl (C=O) groups is 2. The Morgan fingerprint density at radius 1 is 1.40 bits per heavy atom. The van der Waals surface area contributed by atoms with Crippen LogP contribution in [0.3, 0.4) is 0 Å². The van der Waals surface area contributed by atoms with Crippen LogP contribution in [0.5, 0.6) is 0 Å². The maximum Gasteiger partial charge on any atom is 0.341 e. The molecule has 2 rings (SSSR count). The topological polar surface area (TPSA) is 64.6 Å². The number of hydrogen-bond acceptors (Lipinski definition) is 5. The Morgan fingerprint density at radius 2 is 2.15 bits per heavy atom. The summed E-state index contributed by atoms with van der Waals surface area (Å²) in [7, 11) is 0. The molecule has 0 saturated heterocycles. The van der Waals surface area contributed by atoms with Crippen LogP contribution in [-0.2, 0) is 14.4 Å². The second-order valence-corrected chi connectivity index (χ2v) is 4.57. The smallest absolute Gasteiger partial charge is 0.341 e. The van der Waals surface area contributed by atoms with Crippen molar-refractivity contribution in [1.29, 1.82) is 0 Å². The second-order valence-electron chi connectivity index (χ2n) is 4.57. The Kier molecular flexibility index (Phi) is 4.55. The normalized spacial score (nSPS) is 14.3. The van der Waals surface area contributed by atoms with E-state index in [9.17, 15) is 14.0 Å². The lowest BCUT2D eigenvalue weighted by molar-refractivity contribution is -0.148. The minimum absolute atomic E-state index is 0.0637. The molecule has 0 unspecified atom stereocenters. The van der Waals surface area contributed by atoms with Crippen LogP contribution >= 0.6 is 0 Å². The lowest BCUT2D eigenvalue weighted by atomic mass is 9.86. The SMILES string of the molecule is CCOC(=O)c1ccc(NOC(=O)C2CCC2)cc1F. The van der Waals surface area contributed by atoms with Crippen molar-refractivity contribution in [2.75, 3.05) is 12.1 Å². The van der Waals surface area contributed by atoms with Crippen LogP contribution < -0.4 is 5.48 Å². The molecule has 1 aromatic rings. The van der Waals surface area contributed by atoms with Gasteiger partial charge in [-0.3, -0.25) is 0 Å². The molecule has 6 heteroatoms. The number of halogens is 1. The van der Waals surface area contributed by atoms with Gasteiger partial charge in [0.25, 0.3) is 0 Å². The van der Waals surface area contributed by atoms with Crippen molar-refractivity contribution >= 4 is 17.6 Å². The molecule has 0 aromatic heterocycles. The van der Waals surface area contributed by atoms with Gasteiger partial charge in [-0.15, -0.1) is 0 Å². The molecular weight excluding hydrogens is 265 g/mol. The van der Waals surface area contributed by atoms with Crippen molar-refractivity contribution in [2.24, 2.45) is 5.92 Å². The minimum atomic E-state index is -0.729. The highest BCUT2D eigenvalue weighted by Crippen LogP contribution is 2.27. The highest BCUT2D eigenvalue weighted by molar-refractivity contribution is 5.90. The number of rotatable bonds is 5. The maximum atomic E-state index is 13.7. The predicted molar refractivity (Wildman–Crippen MR) is 69.4 cm³/mol. The minimum Gasteiger partial charge on any atom is -0.462 e. The van der Waals surface area contributed by atoms with Crippen LogP contribution in [0.25, 0.3) is 0 Å². The third kappa shape index (κ3) is 3.26. The number of benzene rings is 1. The van der Waals surface area contributed by atoms with Crippen LogP contribution in [0.15, 0.2) is 18.2 Å². The Hall–Kier alpha value is -2.11. The molecule has 1 N–H and O–H groups in total. The molecule has 1 aromatic carbocycles. The molecule has 0 spiro atoms. The number of hydrogen-bond donors (Lipinski definition) is 1. The zero-order valence-electron chi connectivity index (χ0n) is 11.1. The molecular formula is C14H16FNO4. The molecule has 0 bridgehead atoms. The molecule has 20 heavy (non-hydrogen) atoms. The first-order chi connectivity index (χ1) is 9.61. The van der Waals surface area contributed by atoms with Gasteiger partial charge in [-0.2, -0.15) is 0 Å². The summed E-state index contributed by atoms with van der Waals surface area (Å²) in [5.74, 6) is -1.85. The van der Waals surface area contributed by atoms with E-state index in [0.29, 0.717) is 0 Å². The molecule has 1 aliphatic carbocycles. The van der Waals surface area contributed by atoms with Gasteiger partial charge >= 0.3 is 11.9 Å². The zero-order chi connectivity index (χ0) is 14.5. The van der Waals surface area contributed by atoms with Crippen LogP contribution in [0, 0.1) is 11.7 Å². The fourth-order valence-corrected chi connectivity index (χ4v) is 1.79.